The van der Waals surface area contributed by atoms with Crippen molar-refractivity contribution in [3.63, 3.8) is 0 Å². The van der Waals surface area contributed by atoms with E-state index in [1.54, 1.807) is 12.1 Å². The molecule has 8 heteroatoms. The van der Waals surface area contributed by atoms with Crippen molar-refractivity contribution in [1.82, 2.24) is 10.2 Å². The van der Waals surface area contributed by atoms with E-state index < -0.39 is 12.5 Å². The molecule has 0 aliphatic carbocycles. The zero-order valence-corrected chi connectivity index (χ0v) is 13.6. The fourth-order valence-corrected chi connectivity index (χ4v) is 2.66. The number of hydrogen-bond donors (Lipinski definition) is 1. The summed E-state index contributed by atoms with van der Waals surface area (Å²) in [4.78, 5) is 2.32. The molecule has 0 amide bonds. The van der Waals surface area contributed by atoms with E-state index in [9.17, 15) is 17.6 Å². The minimum Gasteiger partial charge on any atom is -0.428 e. The van der Waals surface area contributed by atoms with E-state index in [1.807, 2.05) is 0 Å². The van der Waals surface area contributed by atoms with Gasteiger partial charge in [0.05, 0.1) is 0 Å². The summed E-state index contributed by atoms with van der Waals surface area (Å²) in [5.41, 5.74) is 0.970. The predicted molar refractivity (Wildman–Crippen MR) is 82.7 cm³/mol. The molecule has 1 aliphatic rings. The lowest BCUT2D eigenvalue weighted by atomic mass is 10.0. The topological polar surface area (TPSA) is 24.5 Å². The fraction of sp³-hybridized carbons (Fsp3) is 0.600. The second kappa shape index (κ2) is 8.70. The van der Waals surface area contributed by atoms with Gasteiger partial charge in [-0.05, 0) is 24.1 Å². The molecule has 0 spiro atoms. The van der Waals surface area contributed by atoms with Gasteiger partial charge in [-0.1, -0.05) is 19.1 Å². The molecule has 0 saturated carbocycles. The molecular formula is C15H21ClF4N2O. The minimum absolute atomic E-state index is 0. The van der Waals surface area contributed by atoms with Crippen molar-refractivity contribution < 1.29 is 22.3 Å². The van der Waals surface area contributed by atoms with Crippen LogP contribution in [-0.4, -0.2) is 43.6 Å². The first-order chi connectivity index (χ1) is 10.4. The highest BCUT2D eigenvalue weighted by Crippen LogP contribution is 2.30. The van der Waals surface area contributed by atoms with Crippen molar-refractivity contribution in [3.8, 4) is 5.75 Å². The second-order valence-electron chi connectivity index (χ2n) is 5.24. The maximum absolute atomic E-state index is 12.9. The van der Waals surface area contributed by atoms with Gasteiger partial charge in [0.2, 0.25) is 0 Å². The van der Waals surface area contributed by atoms with Crippen LogP contribution >= 0.6 is 12.4 Å². The van der Waals surface area contributed by atoms with Crippen LogP contribution in [-0.2, 0) is 0 Å². The minimum atomic E-state index is -4.47. The molecule has 3 nitrogen and oxygen atoms in total. The molecule has 1 heterocycles. The fourth-order valence-electron chi connectivity index (χ4n) is 2.66. The Morgan fingerprint density at radius 3 is 2.22 bits per heavy atom. The summed E-state index contributed by atoms with van der Waals surface area (Å²) in [7, 11) is 0. The summed E-state index contributed by atoms with van der Waals surface area (Å²) in [5.74, 6) is -0.260. The first kappa shape index (κ1) is 20.0. The number of nitrogens with zero attached hydrogens (tertiary/aromatic N) is 1. The van der Waals surface area contributed by atoms with Gasteiger partial charge in [0.25, 0.3) is 0 Å². The van der Waals surface area contributed by atoms with Gasteiger partial charge >= 0.3 is 12.5 Å². The lowest BCUT2D eigenvalue weighted by molar-refractivity contribution is -0.253. The van der Waals surface area contributed by atoms with E-state index >= 15 is 0 Å². The van der Waals surface area contributed by atoms with Gasteiger partial charge in [-0.25, -0.2) is 0 Å². The molecule has 2 rings (SSSR count). The molecular weight excluding hydrogens is 336 g/mol. The van der Waals surface area contributed by atoms with Crippen molar-refractivity contribution in [2.24, 2.45) is 0 Å². The Labute approximate surface area is 139 Å². The molecule has 23 heavy (non-hydrogen) atoms. The van der Waals surface area contributed by atoms with Crippen LogP contribution in [0.3, 0.4) is 0 Å². The summed E-state index contributed by atoms with van der Waals surface area (Å²) in [6, 6.07) is 6.14. The molecule has 1 N–H and O–H groups in total. The summed E-state index contributed by atoms with van der Waals surface area (Å²) in [6.45, 7) is 5.72. The van der Waals surface area contributed by atoms with E-state index in [-0.39, 0.29) is 24.2 Å². The van der Waals surface area contributed by atoms with Crippen LogP contribution in [0, 0.1) is 0 Å². The number of alkyl halides is 4. The third-order valence-electron chi connectivity index (χ3n) is 3.75. The lowest BCUT2D eigenvalue weighted by Gasteiger charge is -2.34. The normalized spacial score (nSPS) is 17.7. The summed E-state index contributed by atoms with van der Waals surface area (Å²) in [5, 5.41) is 3.27. The number of halogens is 5. The number of rotatable bonds is 6. The van der Waals surface area contributed by atoms with Crippen LogP contribution in [0.25, 0.3) is 0 Å². The van der Waals surface area contributed by atoms with Crippen molar-refractivity contribution in [2.45, 2.75) is 31.9 Å². The number of hydrogen-bond acceptors (Lipinski definition) is 3. The first-order valence-electron chi connectivity index (χ1n) is 7.33. The van der Waals surface area contributed by atoms with E-state index in [2.05, 4.69) is 21.9 Å². The molecule has 1 saturated heterocycles. The van der Waals surface area contributed by atoms with Gasteiger partial charge in [-0.3, -0.25) is 4.90 Å². The maximum Gasteiger partial charge on any atom is 0.461 e. The number of nitrogens with one attached hydrogen (secondary N) is 1. The Kier molecular flexibility index (Phi) is 7.57. The molecule has 0 bridgehead atoms. The Morgan fingerprint density at radius 1 is 1.17 bits per heavy atom. The van der Waals surface area contributed by atoms with E-state index in [0.29, 0.717) is 0 Å². The van der Waals surface area contributed by atoms with Crippen LogP contribution < -0.4 is 10.1 Å². The van der Waals surface area contributed by atoms with Gasteiger partial charge in [0.1, 0.15) is 5.75 Å². The van der Waals surface area contributed by atoms with Crippen molar-refractivity contribution in [1.29, 1.82) is 0 Å². The van der Waals surface area contributed by atoms with Crippen molar-refractivity contribution in [2.75, 3.05) is 26.2 Å². The van der Waals surface area contributed by atoms with Gasteiger partial charge in [0, 0.05) is 32.2 Å². The van der Waals surface area contributed by atoms with Crippen LogP contribution in [0.5, 0.6) is 5.75 Å². The lowest BCUT2D eigenvalue weighted by Crippen LogP contribution is -2.45. The standard InChI is InChI=1S/C15H20F4N2O.ClH/c1-2-13(21-9-7-20-8-10-21)11-3-5-12(6-4-11)22-15(18,19)14(16)17;/h3-6,13-14,20H,2,7-10H2,1H3;1H/t13-;/m1./s1. The zero-order valence-electron chi connectivity index (χ0n) is 12.8. The van der Waals surface area contributed by atoms with Crippen molar-refractivity contribution in [3.05, 3.63) is 29.8 Å². The third kappa shape index (κ3) is 5.22. The summed E-state index contributed by atoms with van der Waals surface area (Å²) < 4.78 is 54.0. The van der Waals surface area contributed by atoms with Crippen molar-refractivity contribution >= 4 is 12.4 Å². The number of piperazine rings is 1. The highest BCUT2D eigenvalue weighted by Gasteiger charge is 2.43. The third-order valence-corrected chi connectivity index (χ3v) is 3.75. The average Bonchev–Trinajstić information content (AvgIpc) is 2.50. The Balaban J connectivity index is 0.00000264. The smallest absolute Gasteiger partial charge is 0.428 e. The molecule has 1 aromatic carbocycles. The van der Waals surface area contributed by atoms with Gasteiger partial charge in [-0.15, -0.1) is 12.4 Å². The molecule has 132 valence electrons. The van der Waals surface area contributed by atoms with Gasteiger partial charge < -0.3 is 10.1 Å². The zero-order chi connectivity index (χ0) is 16.2. The van der Waals surface area contributed by atoms with Crippen LogP contribution in [0.1, 0.15) is 24.9 Å². The molecule has 1 atom stereocenters. The maximum atomic E-state index is 12.9. The Morgan fingerprint density at radius 2 is 1.74 bits per heavy atom. The average molecular weight is 357 g/mol. The molecule has 1 aliphatic heterocycles. The number of ether oxygens (including phenoxy) is 1. The van der Waals surface area contributed by atoms with E-state index in [0.717, 1.165) is 38.2 Å². The number of benzene rings is 1. The largest absolute Gasteiger partial charge is 0.461 e. The first-order valence-corrected chi connectivity index (χ1v) is 7.33. The molecule has 0 unspecified atom stereocenters. The monoisotopic (exact) mass is 356 g/mol. The van der Waals surface area contributed by atoms with Gasteiger partial charge in [-0.2, -0.15) is 17.6 Å². The molecule has 1 aromatic rings. The Hall–Kier alpha value is -1.05. The highest BCUT2D eigenvalue weighted by atomic mass is 35.5. The predicted octanol–water partition coefficient (Wildman–Crippen LogP) is 3.70. The van der Waals surface area contributed by atoms with Crippen LogP contribution in [0.2, 0.25) is 0 Å². The van der Waals surface area contributed by atoms with Crippen LogP contribution in [0.15, 0.2) is 24.3 Å². The van der Waals surface area contributed by atoms with E-state index in [1.165, 1.54) is 12.1 Å². The SMILES string of the molecule is CC[C@H](c1ccc(OC(F)(F)C(F)F)cc1)N1CCNCC1.Cl. The van der Waals surface area contributed by atoms with E-state index in [4.69, 9.17) is 0 Å². The quantitative estimate of drug-likeness (QED) is 0.787. The van der Waals surface area contributed by atoms with Crippen LogP contribution in [0.4, 0.5) is 17.6 Å². The van der Waals surface area contributed by atoms with Gasteiger partial charge in [0.15, 0.2) is 0 Å². The highest BCUT2D eigenvalue weighted by molar-refractivity contribution is 5.85. The Bertz CT molecular complexity index is 467. The second-order valence-corrected chi connectivity index (χ2v) is 5.24. The summed E-state index contributed by atoms with van der Waals surface area (Å²) >= 11 is 0. The molecule has 0 radical (unpaired) electrons. The molecule has 0 aromatic heterocycles. The molecule has 1 fully saturated rings. The summed E-state index contributed by atoms with van der Waals surface area (Å²) in [6.07, 6.45) is -7.44.